The number of hydrogen-bond donors (Lipinski definition) is 1. The zero-order chi connectivity index (χ0) is 14.2. The number of alkyl halides is 3. The van der Waals surface area contributed by atoms with E-state index in [1.807, 2.05) is 0 Å². The molecule has 106 valence electrons. The van der Waals surface area contributed by atoms with Crippen molar-refractivity contribution in [3.05, 3.63) is 35.4 Å². The second kappa shape index (κ2) is 5.05. The quantitative estimate of drug-likeness (QED) is 0.842. The van der Waals surface area contributed by atoms with Gasteiger partial charge in [-0.2, -0.15) is 13.2 Å². The first-order chi connectivity index (χ1) is 8.76. The predicted molar refractivity (Wildman–Crippen MR) is 59.6 cm³/mol. The molecule has 2 atom stereocenters. The summed E-state index contributed by atoms with van der Waals surface area (Å²) in [5, 5.41) is 0. The largest absolute Gasteiger partial charge is 0.401 e. The van der Waals surface area contributed by atoms with E-state index >= 15 is 0 Å². The van der Waals surface area contributed by atoms with Crippen molar-refractivity contribution >= 4 is 0 Å². The van der Waals surface area contributed by atoms with Gasteiger partial charge in [0.15, 0.2) is 11.6 Å². The Labute approximate surface area is 107 Å². The van der Waals surface area contributed by atoms with Gasteiger partial charge >= 0.3 is 6.18 Å². The van der Waals surface area contributed by atoms with Crippen molar-refractivity contribution < 1.29 is 22.0 Å². The van der Waals surface area contributed by atoms with Crippen LogP contribution in [0, 0.1) is 11.6 Å². The van der Waals surface area contributed by atoms with Gasteiger partial charge in [0.2, 0.25) is 0 Å². The second-order valence-corrected chi connectivity index (χ2v) is 4.75. The molecule has 1 heterocycles. The molecule has 0 radical (unpaired) electrons. The second-order valence-electron chi connectivity index (χ2n) is 4.75. The minimum atomic E-state index is -4.29. The fraction of sp³-hybridized carbons (Fsp3) is 0.500. The zero-order valence-corrected chi connectivity index (χ0v) is 9.92. The molecular formula is C12H13F5N2. The summed E-state index contributed by atoms with van der Waals surface area (Å²) >= 11 is 0. The molecule has 1 aliphatic rings. The first-order valence-corrected chi connectivity index (χ1v) is 5.76. The summed E-state index contributed by atoms with van der Waals surface area (Å²) in [5.74, 6) is -2.42. The summed E-state index contributed by atoms with van der Waals surface area (Å²) in [7, 11) is 0. The Hall–Kier alpha value is -1.21. The van der Waals surface area contributed by atoms with Crippen LogP contribution < -0.4 is 5.73 Å². The Balaban J connectivity index is 2.11. The summed E-state index contributed by atoms with van der Waals surface area (Å²) in [4.78, 5) is 1.18. The highest BCUT2D eigenvalue weighted by Gasteiger charge is 2.38. The molecule has 0 amide bonds. The number of likely N-dealkylation sites (tertiary alicyclic amines) is 1. The molecule has 1 fully saturated rings. The molecule has 0 bridgehead atoms. The number of nitrogens with two attached hydrogens (primary N) is 1. The van der Waals surface area contributed by atoms with Crippen molar-refractivity contribution in [2.75, 3.05) is 19.6 Å². The SMILES string of the molecule is N[C@@H]1CN(CC(F)(F)F)C[C@H]1c1ccc(F)c(F)c1. The van der Waals surface area contributed by atoms with Crippen LogP contribution in [0.4, 0.5) is 22.0 Å². The van der Waals surface area contributed by atoms with Gasteiger partial charge < -0.3 is 5.73 Å². The lowest BCUT2D eigenvalue weighted by atomic mass is 9.95. The molecule has 2 nitrogen and oxygen atoms in total. The minimum Gasteiger partial charge on any atom is -0.326 e. The van der Waals surface area contributed by atoms with Crippen molar-refractivity contribution in [2.24, 2.45) is 5.73 Å². The van der Waals surface area contributed by atoms with E-state index in [2.05, 4.69) is 0 Å². The molecule has 0 aliphatic carbocycles. The van der Waals surface area contributed by atoms with Crippen LogP contribution in [0.3, 0.4) is 0 Å². The van der Waals surface area contributed by atoms with Crippen LogP contribution in [0.2, 0.25) is 0 Å². The molecule has 19 heavy (non-hydrogen) atoms. The van der Waals surface area contributed by atoms with E-state index in [0.717, 1.165) is 12.1 Å². The summed E-state index contributed by atoms with van der Waals surface area (Å²) in [5.41, 5.74) is 6.21. The van der Waals surface area contributed by atoms with E-state index in [1.165, 1.54) is 11.0 Å². The Kier molecular flexibility index (Phi) is 3.78. The molecule has 0 aromatic heterocycles. The number of rotatable bonds is 2. The zero-order valence-electron chi connectivity index (χ0n) is 9.92. The monoisotopic (exact) mass is 280 g/mol. The van der Waals surface area contributed by atoms with Crippen molar-refractivity contribution in [3.8, 4) is 0 Å². The standard InChI is InChI=1S/C12H13F5N2/c13-9-2-1-7(3-10(9)14)8-4-19(5-11(8)18)6-12(15,16)17/h1-3,8,11H,4-6,18H2/t8-,11+/m0/s1. The van der Waals surface area contributed by atoms with E-state index in [0.29, 0.717) is 5.56 Å². The molecule has 1 aromatic carbocycles. The number of benzene rings is 1. The average Bonchev–Trinajstić information content (AvgIpc) is 2.61. The van der Waals surface area contributed by atoms with Gasteiger partial charge in [-0.25, -0.2) is 8.78 Å². The summed E-state index contributed by atoms with van der Waals surface area (Å²) < 4.78 is 62.8. The van der Waals surface area contributed by atoms with Crippen molar-refractivity contribution in [3.63, 3.8) is 0 Å². The van der Waals surface area contributed by atoms with Crippen molar-refractivity contribution in [1.29, 1.82) is 0 Å². The molecule has 0 unspecified atom stereocenters. The predicted octanol–water partition coefficient (Wildman–Crippen LogP) is 2.25. The maximum atomic E-state index is 13.1. The number of halogens is 5. The Morgan fingerprint density at radius 3 is 2.42 bits per heavy atom. The lowest BCUT2D eigenvalue weighted by Gasteiger charge is -2.17. The normalized spacial score (nSPS) is 24.9. The molecule has 2 rings (SSSR count). The first kappa shape index (κ1) is 14.2. The smallest absolute Gasteiger partial charge is 0.326 e. The summed E-state index contributed by atoms with van der Waals surface area (Å²) in [6.07, 6.45) is -4.29. The molecule has 0 spiro atoms. The van der Waals surface area contributed by atoms with Crippen LogP contribution in [-0.2, 0) is 0 Å². The molecule has 1 aliphatic heterocycles. The Morgan fingerprint density at radius 2 is 1.84 bits per heavy atom. The van der Waals surface area contributed by atoms with Crippen molar-refractivity contribution in [1.82, 2.24) is 4.90 Å². The maximum absolute atomic E-state index is 13.1. The number of nitrogens with zero attached hydrogens (tertiary/aromatic N) is 1. The highest BCUT2D eigenvalue weighted by Crippen LogP contribution is 2.29. The van der Waals surface area contributed by atoms with E-state index in [9.17, 15) is 22.0 Å². The van der Waals surface area contributed by atoms with Crippen LogP contribution in [0.1, 0.15) is 11.5 Å². The van der Waals surface area contributed by atoms with Crippen LogP contribution in [-0.4, -0.2) is 36.8 Å². The van der Waals surface area contributed by atoms with Crippen LogP contribution in [0.5, 0.6) is 0 Å². The third kappa shape index (κ3) is 3.42. The van der Waals surface area contributed by atoms with Crippen LogP contribution >= 0.6 is 0 Å². The highest BCUT2D eigenvalue weighted by atomic mass is 19.4. The van der Waals surface area contributed by atoms with Gasteiger partial charge in [-0.3, -0.25) is 4.90 Å². The topological polar surface area (TPSA) is 29.3 Å². The van der Waals surface area contributed by atoms with E-state index in [1.54, 1.807) is 0 Å². The Morgan fingerprint density at radius 1 is 1.16 bits per heavy atom. The number of hydrogen-bond acceptors (Lipinski definition) is 2. The van der Waals surface area contributed by atoms with Gasteiger partial charge in [0.05, 0.1) is 6.54 Å². The lowest BCUT2D eigenvalue weighted by Crippen LogP contribution is -2.34. The van der Waals surface area contributed by atoms with E-state index in [-0.39, 0.29) is 13.1 Å². The Bertz CT molecular complexity index is 460. The van der Waals surface area contributed by atoms with Gasteiger partial charge in [0, 0.05) is 25.0 Å². The van der Waals surface area contributed by atoms with E-state index in [4.69, 9.17) is 5.73 Å². The van der Waals surface area contributed by atoms with Crippen molar-refractivity contribution in [2.45, 2.75) is 18.1 Å². The average molecular weight is 280 g/mol. The third-order valence-electron chi connectivity index (χ3n) is 3.22. The highest BCUT2D eigenvalue weighted by molar-refractivity contribution is 5.25. The summed E-state index contributed by atoms with van der Waals surface area (Å²) in [6.45, 7) is -0.865. The molecule has 0 saturated carbocycles. The molecule has 2 N–H and O–H groups in total. The fourth-order valence-corrected chi connectivity index (χ4v) is 2.39. The van der Waals surface area contributed by atoms with Crippen LogP contribution in [0.15, 0.2) is 18.2 Å². The first-order valence-electron chi connectivity index (χ1n) is 5.76. The van der Waals surface area contributed by atoms with Gasteiger partial charge in [0.25, 0.3) is 0 Å². The minimum absolute atomic E-state index is 0.0865. The van der Waals surface area contributed by atoms with Gasteiger partial charge in [0.1, 0.15) is 0 Å². The molecular weight excluding hydrogens is 267 g/mol. The van der Waals surface area contributed by atoms with Gasteiger partial charge in [-0.1, -0.05) is 6.07 Å². The summed E-state index contributed by atoms with van der Waals surface area (Å²) in [6, 6.07) is 2.80. The molecule has 1 aromatic rings. The molecule has 1 saturated heterocycles. The molecule has 7 heteroatoms. The van der Waals surface area contributed by atoms with Gasteiger partial charge in [-0.15, -0.1) is 0 Å². The third-order valence-corrected chi connectivity index (χ3v) is 3.22. The fourth-order valence-electron chi connectivity index (χ4n) is 2.39. The maximum Gasteiger partial charge on any atom is 0.401 e. The van der Waals surface area contributed by atoms with Gasteiger partial charge in [-0.05, 0) is 17.7 Å². The van der Waals surface area contributed by atoms with E-state index < -0.39 is 36.3 Å². The van der Waals surface area contributed by atoms with Crippen LogP contribution in [0.25, 0.3) is 0 Å². The lowest BCUT2D eigenvalue weighted by molar-refractivity contribution is -0.143.